The van der Waals surface area contributed by atoms with Crippen molar-refractivity contribution in [3.63, 3.8) is 0 Å². The third-order valence-corrected chi connectivity index (χ3v) is 6.71. The zero-order chi connectivity index (χ0) is 24.9. The molecule has 1 aromatic heterocycles. The number of thioether (sulfide) groups is 1. The molecule has 0 saturated carbocycles. The zero-order valence-corrected chi connectivity index (χ0v) is 20.4. The standard InChI is InChI=1S/C24H27FN6O3S/c1-17(2)15-30-23(18-7-3-4-8-19(18)25)26-27-24(30)35-16-22(32)29-13-11-28(12-14-29)20-9-5-6-10-21(20)31(33)34/h3-10,17H,11-16H2,1-2H3. The maximum Gasteiger partial charge on any atom is 0.292 e. The molecule has 1 aliphatic heterocycles. The van der Waals surface area contributed by atoms with Crippen LogP contribution in [0.3, 0.4) is 0 Å². The molecule has 2 heterocycles. The molecule has 0 radical (unpaired) electrons. The Hall–Kier alpha value is -3.47. The molecular formula is C24H27FN6O3S. The van der Waals surface area contributed by atoms with Crippen molar-refractivity contribution in [3.8, 4) is 11.4 Å². The topological polar surface area (TPSA) is 97.4 Å². The lowest BCUT2D eigenvalue weighted by atomic mass is 10.2. The number of piperazine rings is 1. The van der Waals surface area contributed by atoms with Gasteiger partial charge in [-0.25, -0.2) is 4.39 Å². The Bertz CT molecular complexity index is 1210. The van der Waals surface area contributed by atoms with Crippen LogP contribution in [-0.2, 0) is 11.3 Å². The van der Waals surface area contributed by atoms with E-state index in [2.05, 4.69) is 24.0 Å². The van der Waals surface area contributed by atoms with E-state index < -0.39 is 0 Å². The minimum absolute atomic E-state index is 0.0382. The fourth-order valence-corrected chi connectivity index (χ4v) is 4.92. The molecule has 9 nitrogen and oxygen atoms in total. The summed E-state index contributed by atoms with van der Waals surface area (Å²) < 4.78 is 16.3. The monoisotopic (exact) mass is 498 g/mol. The summed E-state index contributed by atoms with van der Waals surface area (Å²) in [6.45, 7) is 6.70. The molecule has 35 heavy (non-hydrogen) atoms. The number of benzene rings is 2. The lowest BCUT2D eigenvalue weighted by Gasteiger charge is -2.35. The smallest absolute Gasteiger partial charge is 0.292 e. The van der Waals surface area contributed by atoms with Crippen molar-refractivity contribution in [2.45, 2.75) is 25.5 Å². The van der Waals surface area contributed by atoms with Crippen molar-refractivity contribution >= 4 is 29.0 Å². The maximum absolute atomic E-state index is 14.4. The van der Waals surface area contributed by atoms with Crippen molar-refractivity contribution in [1.82, 2.24) is 19.7 Å². The van der Waals surface area contributed by atoms with Crippen molar-refractivity contribution < 1.29 is 14.1 Å². The molecule has 0 N–H and O–H groups in total. The maximum atomic E-state index is 14.4. The van der Waals surface area contributed by atoms with E-state index in [1.54, 1.807) is 41.3 Å². The number of nitro groups is 1. The average molecular weight is 499 g/mol. The number of nitro benzene ring substituents is 1. The second kappa shape index (κ2) is 10.9. The van der Waals surface area contributed by atoms with Crippen LogP contribution in [-0.4, -0.2) is 62.4 Å². The summed E-state index contributed by atoms with van der Waals surface area (Å²) in [6.07, 6.45) is 0. The largest absolute Gasteiger partial charge is 0.362 e. The van der Waals surface area contributed by atoms with Gasteiger partial charge in [-0.05, 0) is 24.1 Å². The number of aromatic nitrogens is 3. The van der Waals surface area contributed by atoms with E-state index in [1.807, 2.05) is 9.47 Å². The van der Waals surface area contributed by atoms with Gasteiger partial charge >= 0.3 is 0 Å². The number of nitrogens with zero attached hydrogens (tertiary/aromatic N) is 6. The van der Waals surface area contributed by atoms with E-state index in [9.17, 15) is 19.3 Å². The molecule has 184 valence electrons. The molecule has 1 saturated heterocycles. The molecule has 0 bridgehead atoms. The van der Waals surface area contributed by atoms with Gasteiger partial charge in [-0.3, -0.25) is 14.9 Å². The predicted molar refractivity (Wildman–Crippen MR) is 133 cm³/mol. The summed E-state index contributed by atoms with van der Waals surface area (Å²) >= 11 is 1.29. The number of carbonyl (C=O) groups excluding carboxylic acids is 1. The minimum Gasteiger partial charge on any atom is -0.362 e. The van der Waals surface area contributed by atoms with Crippen molar-refractivity contribution in [1.29, 1.82) is 0 Å². The second-order valence-electron chi connectivity index (χ2n) is 8.69. The van der Waals surface area contributed by atoms with Crippen molar-refractivity contribution in [2.24, 2.45) is 5.92 Å². The SMILES string of the molecule is CC(C)Cn1c(SCC(=O)N2CCN(c3ccccc3[N+](=O)[O-])CC2)nnc1-c1ccccc1F. The van der Waals surface area contributed by atoms with Gasteiger partial charge in [-0.15, -0.1) is 10.2 Å². The van der Waals surface area contributed by atoms with Crippen LogP contribution in [0.2, 0.25) is 0 Å². The second-order valence-corrected chi connectivity index (χ2v) is 9.64. The van der Waals surface area contributed by atoms with E-state index in [4.69, 9.17) is 0 Å². The van der Waals surface area contributed by atoms with Crippen molar-refractivity contribution in [3.05, 3.63) is 64.5 Å². The molecule has 0 unspecified atom stereocenters. The summed E-state index contributed by atoms with van der Waals surface area (Å²) in [7, 11) is 0. The third kappa shape index (κ3) is 5.61. The van der Waals surface area contributed by atoms with Crippen LogP contribution < -0.4 is 4.90 Å². The normalized spacial score (nSPS) is 13.9. The van der Waals surface area contributed by atoms with Crippen LogP contribution in [0.25, 0.3) is 11.4 Å². The summed E-state index contributed by atoms with van der Waals surface area (Å²) in [6, 6.07) is 13.1. The van der Waals surface area contributed by atoms with E-state index in [0.29, 0.717) is 55.0 Å². The first-order valence-electron chi connectivity index (χ1n) is 11.4. The van der Waals surface area contributed by atoms with Crippen LogP contribution in [0.1, 0.15) is 13.8 Å². The zero-order valence-electron chi connectivity index (χ0n) is 19.6. The molecule has 11 heteroatoms. The molecular weight excluding hydrogens is 471 g/mol. The van der Waals surface area contributed by atoms with Gasteiger partial charge in [0, 0.05) is 38.8 Å². The number of carbonyl (C=O) groups is 1. The summed E-state index contributed by atoms with van der Waals surface area (Å²) in [5.74, 6) is 0.503. The lowest BCUT2D eigenvalue weighted by molar-refractivity contribution is -0.384. The fourth-order valence-electron chi connectivity index (χ4n) is 4.07. The molecule has 0 spiro atoms. The Morgan fingerprint density at radius 3 is 2.46 bits per heavy atom. The quantitative estimate of drug-likeness (QED) is 0.262. The molecule has 1 amide bonds. The number of hydrogen-bond acceptors (Lipinski definition) is 7. The molecule has 2 aromatic carbocycles. The molecule has 1 aliphatic rings. The third-order valence-electron chi connectivity index (χ3n) is 5.76. The van der Waals surface area contributed by atoms with E-state index in [0.717, 1.165) is 0 Å². The van der Waals surface area contributed by atoms with E-state index >= 15 is 0 Å². The van der Waals surface area contributed by atoms with Gasteiger partial charge in [0.15, 0.2) is 11.0 Å². The van der Waals surface area contributed by atoms with E-state index in [-0.39, 0.29) is 34.0 Å². The minimum atomic E-state index is -0.383. The Morgan fingerprint density at radius 1 is 1.09 bits per heavy atom. The van der Waals surface area contributed by atoms with Crippen LogP contribution in [0.4, 0.5) is 15.8 Å². The highest BCUT2D eigenvalue weighted by Crippen LogP contribution is 2.29. The molecule has 0 aliphatic carbocycles. The summed E-state index contributed by atoms with van der Waals surface area (Å²) in [5, 5.41) is 20.4. The Kier molecular flexibility index (Phi) is 7.64. The highest BCUT2D eigenvalue weighted by Gasteiger charge is 2.26. The molecule has 3 aromatic rings. The van der Waals surface area contributed by atoms with E-state index in [1.165, 1.54) is 23.9 Å². The number of amides is 1. The summed E-state index contributed by atoms with van der Waals surface area (Å²) in [4.78, 5) is 27.6. The average Bonchev–Trinajstić information content (AvgIpc) is 3.24. The number of para-hydroxylation sites is 2. The Balaban J connectivity index is 1.41. The lowest BCUT2D eigenvalue weighted by Crippen LogP contribution is -2.49. The number of hydrogen-bond donors (Lipinski definition) is 0. The highest BCUT2D eigenvalue weighted by atomic mass is 32.2. The highest BCUT2D eigenvalue weighted by molar-refractivity contribution is 7.99. The van der Waals surface area contributed by atoms with Gasteiger partial charge in [0.05, 0.1) is 16.2 Å². The number of rotatable bonds is 8. The molecule has 4 rings (SSSR count). The van der Waals surface area contributed by atoms with Gasteiger partial charge < -0.3 is 14.4 Å². The first kappa shape index (κ1) is 24.6. The van der Waals surface area contributed by atoms with Gasteiger partial charge in [0.1, 0.15) is 11.5 Å². The van der Waals surface area contributed by atoms with Crippen LogP contribution in [0.15, 0.2) is 53.7 Å². The van der Waals surface area contributed by atoms with Crippen LogP contribution >= 0.6 is 11.8 Å². The number of halogens is 1. The Morgan fingerprint density at radius 2 is 1.77 bits per heavy atom. The van der Waals surface area contributed by atoms with Gasteiger partial charge in [-0.1, -0.05) is 49.9 Å². The van der Waals surface area contributed by atoms with Gasteiger partial charge in [0.2, 0.25) is 5.91 Å². The van der Waals surface area contributed by atoms with Crippen LogP contribution in [0, 0.1) is 21.8 Å². The molecule has 1 fully saturated rings. The Labute approximate surface area is 207 Å². The van der Waals surface area contributed by atoms with Gasteiger partial charge in [-0.2, -0.15) is 0 Å². The van der Waals surface area contributed by atoms with Gasteiger partial charge in [0.25, 0.3) is 5.69 Å². The van der Waals surface area contributed by atoms with Crippen LogP contribution in [0.5, 0.6) is 0 Å². The molecule has 0 atom stereocenters. The predicted octanol–water partition coefficient (Wildman–Crippen LogP) is 4.09. The fraction of sp³-hybridized carbons (Fsp3) is 0.375. The van der Waals surface area contributed by atoms with Crippen molar-refractivity contribution in [2.75, 3.05) is 36.8 Å². The summed E-state index contributed by atoms with van der Waals surface area (Å²) in [5.41, 5.74) is 1.02. The number of anilines is 1. The first-order valence-corrected chi connectivity index (χ1v) is 12.4. The first-order chi connectivity index (χ1) is 16.8.